The summed E-state index contributed by atoms with van der Waals surface area (Å²) >= 11 is 0. The minimum absolute atomic E-state index is 0.279. The number of amides is 1. The molecule has 1 aliphatic rings. The number of halogens is 4. The summed E-state index contributed by atoms with van der Waals surface area (Å²) in [6.07, 6.45) is 0.709. The Bertz CT molecular complexity index is 1060. The lowest BCUT2D eigenvalue weighted by Crippen LogP contribution is -2.28. The summed E-state index contributed by atoms with van der Waals surface area (Å²) in [5.41, 5.74) is 1.21. The van der Waals surface area contributed by atoms with Gasteiger partial charge in [0, 0.05) is 19.1 Å². The molecule has 2 aromatic carbocycles. The molecule has 1 fully saturated rings. The molecule has 3 aromatic rings. The van der Waals surface area contributed by atoms with Gasteiger partial charge in [0.2, 0.25) is 0 Å². The van der Waals surface area contributed by atoms with Crippen LogP contribution in [0.2, 0.25) is 0 Å². The molecule has 0 spiro atoms. The molecule has 0 unspecified atom stereocenters. The van der Waals surface area contributed by atoms with Crippen molar-refractivity contribution < 1.29 is 31.8 Å². The van der Waals surface area contributed by atoms with E-state index in [1.807, 2.05) is 0 Å². The van der Waals surface area contributed by atoms with Gasteiger partial charge >= 0.3 is 6.09 Å². The number of hydrogen-bond donors (Lipinski definition) is 1. The van der Waals surface area contributed by atoms with Gasteiger partial charge < -0.3 is 14.5 Å². The van der Waals surface area contributed by atoms with Gasteiger partial charge in [0.05, 0.1) is 28.6 Å². The van der Waals surface area contributed by atoms with Crippen LogP contribution in [0, 0.1) is 11.6 Å². The van der Waals surface area contributed by atoms with Crippen molar-refractivity contribution in [3.8, 4) is 5.75 Å². The molecule has 1 aromatic heterocycles. The second-order valence-electron chi connectivity index (χ2n) is 6.73. The summed E-state index contributed by atoms with van der Waals surface area (Å²) in [5, 5.41) is 0. The average Bonchev–Trinajstić information content (AvgIpc) is 3.25. The molecule has 2 heterocycles. The highest BCUT2D eigenvalue weighted by atomic mass is 19.3. The Balaban J connectivity index is 1.68. The number of imidazole rings is 1. The van der Waals surface area contributed by atoms with Crippen molar-refractivity contribution in [1.82, 2.24) is 9.97 Å². The number of aromatic amines is 1. The maximum atomic E-state index is 14.7. The Morgan fingerprint density at radius 3 is 2.69 bits per heavy atom. The van der Waals surface area contributed by atoms with Gasteiger partial charge in [0.15, 0.2) is 6.61 Å². The van der Waals surface area contributed by atoms with Crippen LogP contribution in [0.1, 0.15) is 18.5 Å². The fourth-order valence-corrected chi connectivity index (χ4v) is 3.16. The zero-order chi connectivity index (χ0) is 20.8. The summed E-state index contributed by atoms with van der Waals surface area (Å²) in [6.45, 7) is -0.672. The molecule has 4 rings (SSSR count). The number of alkyl halides is 2. The molecule has 0 radical (unpaired) electrons. The van der Waals surface area contributed by atoms with E-state index in [2.05, 4.69) is 9.97 Å². The smallest absolute Gasteiger partial charge is 0.415 e. The molecule has 0 aliphatic carbocycles. The number of cyclic esters (lactones) is 1. The van der Waals surface area contributed by atoms with Crippen molar-refractivity contribution in [1.29, 1.82) is 0 Å². The molecule has 1 N–H and O–H groups in total. The molecular weight excluding hydrogens is 394 g/mol. The van der Waals surface area contributed by atoms with Gasteiger partial charge in [-0.15, -0.1) is 0 Å². The van der Waals surface area contributed by atoms with Gasteiger partial charge in [-0.1, -0.05) is 0 Å². The molecule has 1 saturated heterocycles. The van der Waals surface area contributed by atoms with Crippen molar-refractivity contribution in [3.63, 3.8) is 0 Å². The van der Waals surface area contributed by atoms with Crippen molar-refractivity contribution in [2.75, 3.05) is 18.1 Å². The Labute approximate surface area is 162 Å². The van der Waals surface area contributed by atoms with Gasteiger partial charge in [0.25, 0.3) is 5.92 Å². The van der Waals surface area contributed by atoms with Crippen LogP contribution in [-0.4, -0.2) is 35.2 Å². The van der Waals surface area contributed by atoms with E-state index in [0.29, 0.717) is 18.1 Å². The third-order valence-corrected chi connectivity index (χ3v) is 4.43. The lowest BCUT2D eigenvalue weighted by molar-refractivity contribution is -0.0231. The maximum Gasteiger partial charge on any atom is 0.415 e. The predicted molar refractivity (Wildman–Crippen MR) is 95.1 cm³/mol. The first-order chi connectivity index (χ1) is 13.7. The van der Waals surface area contributed by atoms with Gasteiger partial charge in [-0.25, -0.2) is 27.3 Å². The van der Waals surface area contributed by atoms with Crippen molar-refractivity contribution >= 4 is 22.8 Å². The van der Waals surface area contributed by atoms with E-state index in [4.69, 9.17) is 9.47 Å². The van der Waals surface area contributed by atoms with Crippen LogP contribution in [0.25, 0.3) is 11.0 Å². The summed E-state index contributed by atoms with van der Waals surface area (Å²) in [5.74, 6) is -5.60. The normalized spacial score (nSPS) is 17.1. The van der Waals surface area contributed by atoms with Crippen LogP contribution in [-0.2, 0) is 4.74 Å². The Morgan fingerprint density at radius 2 is 2.00 bits per heavy atom. The van der Waals surface area contributed by atoms with Crippen LogP contribution in [0.4, 0.5) is 28.0 Å². The number of ether oxygens (including phenoxy) is 2. The fourth-order valence-electron chi connectivity index (χ4n) is 3.16. The van der Waals surface area contributed by atoms with Crippen molar-refractivity contribution in [2.24, 2.45) is 0 Å². The zero-order valence-corrected chi connectivity index (χ0v) is 15.1. The zero-order valence-electron chi connectivity index (χ0n) is 15.1. The Kier molecular flexibility index (Phi) is 4.56. The first-order valence-corrected chi connectivity index (χ1v) is 8.61. The minimum Gasteiger partial charge on any atom is -0.487 e. The van der Waals surface area contributed by atoms with E-state index < -0.39 is 41.9 Å². The first kappa shape index (κ1) is 19.0. The monoisotopic (exact) mass is 409 g/mol. The van der Waals surface area contributed by atoms with Crippen LogP contribution in [0.5, 0.6) is 5.75 Å². The van der Waals surface area contributed by atoms with E-state index in [-0.39, 0.29) is 12.4 Å². The number of nitrogens with zero attached hydrogens (tertiary/aromatic N) is 2. The molecular formula is C19H15F4N3O3. The maximum absolute atomic E-state index is 14.7. The number of H-pyrrole nitrogens is 1. The number of anilines is 1. The quantitative estimate of drug-likeness (QED) is 0.627. The van der Waals surface area contributed by atoms with Gasteiger partial charge in [0.1, 0.15) is 30.0 Å². The van der Waals surface area contributed by atoms with Crippen molar-refractivity contribution in [2.45, 2.75) is 18.9 Å². The standard InChI is InChI=1S/C19H15F4N3O3/c1-19(22,23)8-29-11-5-12(20)17(13(21)6-11)16-7-28-18(27)26(16)10-2-3-14-15(4-10)25-9-24-14/h2-6,9,16H,7-8H2,1H3,(H,24,25)/t16-/m1/s1. The molecule has 1 amide bonds. The number of benzene rings is 2. The number of nitrogens with one attached hydrogen (secondary N) is 1. The molecule has 152 valence electrons. The van der Waals surface area contributed by atoms with Crippen molar-refractivity contribution in [3.05, 3.63) is 53.9 Å². The summed E-state index contributed by atoms with van der Waals surface area (Å²) < 4.78 is 65.0. The Morgan fingerprint density at radius 1 is 1.28 bits per heavy atom. The van der Waals surface area contributed by atoms with Crippen LogP contribution >= 0.6 is 0 Å². The largest absolute Gasteiger partial charge is 0.487 e. The van der Waals surface area contributed by atoms with Crippen LogP contribution < -0.4 is 9.64 Å². The predicted octanol–water partition coefficient (Wildman–Crippen LogP) is 4.57. The lowest BCUT2D eigenvalue weighted by Gasteiger charge is -2.23. The molecule has 6 nitrogen and oxygen atoms in total. The molecule has 1 aliphatic heterocycles. The average molecular weight is 409 g/mol. The van der Waals surface area contributed by atoms with E-state index in [9.17, 15) is 22.4 Å². The Hall–Kier alpha value is -3.30. The summed E-state index contributed by atoms with van der Waals surface area (Å²) in [7, 11) is 0. The number of carbonyl (C=O) groups is 1. The molecule has 10 heteroatoms. The molecule has 0 saturated carbocycles. The van der Waals surface area contributed by atoms with E-state index in [1.165, 1.54) is 6.33 Å². The number of hydrogen-bond acceptors (Lipinski definition) is 4. The van der Waals surface area contributed by atoms with E-state index >= 15 is 0 Å². The number of rotatable bonds is 5. The second kappa shape index (κ2) is 6.94. The number of aromatic nitrogens is 2. The first-order valence-electron chi connectivity index (χ1n) is 8.61. The number of carbonyl (C=O) groups excluding carboxylic acids is 1. The molecule has 1 atom stereocenters. The van der Waals surface area contributed by atoms with Gasteiger partial charge in [-0.2, -0.15) is 0 Å². The topological polar surface area (TPSA) is 67.5 Å². The lowest BCUT2D eigenvalue weighted by atomic mass is 10.0. The summed E-state index contributed by atoms with van der Waals surface area (Å²) in [4.78, 5) is 20.4. The molecule has 0 bridgehead atoms. The highest BCUT2D eigenvalue weighted by Gasteiger charge is 2.39. The highest BCUT2D eigenvalue weighted by Crippen LogP contribution is 2.37. The third-order valence-electron chi connectivity index (χ3n) is 4.43. The van der Waals surface area contributed by atoms with Crippen LogP contribution in [0.3, 0.4) is 0 Å². The van der Waals surface area contributed by atoms with Crippen LogP contribution in [0.15, 0.2) is 36.7 Å². The third kappa shape index (κ3) is 3.69. The minimum atomic E-state index is -3.15. The number of fused-ring (bicyclic) bond motifs is 1. The van der Waals surface area contributed by atoms with Gasteiger partial charge in [-0.3, -0.25) is 4.90 Å². The van der Waals surface area contributed by atoms with E-state index in [0.717, 1.165) is 22.5 Å². The second-order valence-corrected chi connectivity index (χ2v) is 6.73. The highest BCUT2D eigenvalue weighted by molar-refractivity contribution is 5.93. The van der Waals surface area contributed by atoms with Gasteiger partial charge in [-0.05, 0) is 18.2 Å². The fraction of sp³-hybridized carbons (Fsp3) is 0.263. The van der Waals surface area contributed by atoms with E-state index in [1.54, 1.807) is 18.2 Å². The summed E-state index contributed by atoms with van der Waals surface area (Å²) in [6, 6.07) is 5.39. The molecule has 29 heavy (non-hydrogen) atoms. The SMILES string of the molecule is CC(F)(F)COc1cc(F)c([C@H]2COC(=O)N2c2ccc3[nH]cnc3c2)c(F)c1.